The van der Waals surface area contributed by atoms with E-state index in [-0.39, 0.29) is 5.91 Å². The highest BCUT2D eigenvalue weighted by molar-refractivity contribution is 7.98. The zero-order valence-corrected chi connectivity index (χ0v) is 12.1. The number of amides is 1. The summed E-state index contributed by atoms with van der Waals surface area (Å²) >= 11 is 3.08. The number of carbonyl (C=O) groups is 1. The first-order valence-electron chi connectivity index (χ1n) is 5.68. The fraction of sp³-hybridized carbons (Fsp3) is 0.154. The zero-order chi connectivity index (χ0) is 13.8. The lowest BCUT2D eigenvalue weighted by molar-refractivity contribution is 0.0957. The number of anilines is 1. The van der Waals surface area contributed by atoms with Gasteiger partial charge in [0.2, 0.25) is 0 Å². The minimum absolute atomic E-state index is 0.236. The van der Waals surface area contributed by atoms with Crippen LogP contribution in [0.4, 0.5) is 5.69 Å². The van der Waals surface area contributed by atoms with Crippen molar-refractivity contribution in [3.05, 3.63) is 45.6 Å². The lowest BCUT2D eigenvalue weighted by atomic mass is 10.2. The molecule has 1 amide bonds. The first kappa shape index (κ1) is 13.9. The normalized spacial score (nSPS) is 10.4. The average molecular weight is 293 g/mol. The number of carbonyl (C=O) groups excluding carboxylic acids is 1. The highest BCUT2D eigenvalue weighted by Gasteiger charge is 2.12. The maximum absolute atomic E-state index is 11.6. The molecule has 2 rings (SSSR count). The van der Waals surface area contributed by atoms with Gasteiger partial charge in [-0.05, 0) is 47.7 Å². The second-order valence-electron chi connectivity index (χ2n) is 4.06. The molecule has 4 nitrogen and oxygen atoms in total. The third kappa shape index (κ3) is 3.28. The molecule has 1 aromatic carbocycles. The molecule has 0 unspecified atom stereocenters. The van der Waals surface area contributed by atoms with Crippen molar-refractivity contribution in [3.63, 3.8) is 0 Å². The third-order valence-corrected chi connectivity index (χ3v) is 4.85. The van der Waals surface area contributed by atoms with E-state index in [0.29, 0.717) is 4.88 Å². The van der Waals surface area contributed by atoms with Crippen molar-refractivity contribution in [2.45, 2.75) is 17.6 Å². The van der Waals surface area contributed by atoms with Crippen molar-refractivity contribution < 1.29 is 4.79 Å². The van der Waals surface area contributed by atoms with Crippen molar-refractivity contribution in [2.75, 3.05) is 5.73 Å². The first-order chi connectivity index (χ1) is 9.11. The van der Waals surface area contributed by atoms with Gasteiger partial charge in [-0.15, -0.1) is 23.1 Å². The number of aryl methyl sites for hydroxylation is 1. The summed E-state index contributed by atoms with van der Waals surface area (Å²) in [5.74, 6) is 5.66. The molecule has 5 N–H and O–H groups in total. The van der Waals surface area contributed by atoms with E-state index in [1.807, 2.05) is 36.6 Å². The third-order valence-electron chi connectivity index (χ3n) is 2.67. The van der Waals surface area contributed by atoms with E-state index < -0.39 is 0 Å². The predicted octanol–water partition coefficient (Wildman–Crippen LogP) is 2.53. The Balaban J connectivity index is 2.10. The number of nitrogens with two attached hydrogens (primary N) is 2. The van der Waals surface area contributed by atoms with E-state index in [2.05, 4.69) is 5.43 Å². The van der Waals surface area contributed by atoms with Crippen LogP contribution in [0.2, 0.25) is 0 Å². The first-order valence-corrected chi connectivity index (χ1v) is 7.54. The molecule has 0 aliphatic rings. The Morgan fingerprint density at radius 1 is 1.42 bits per heavy atom. The monoisotopic (exact) mass is 293 g/mol. The Kier molecular flexibility index (Phi) is 4.47. The largest absolute Gasteiger partial charge is 0.399 e. The molecular weight excluding hydrogens is 278 g/mol. The molecule has 0 radical (unpaired) electrons. The smallest absolute Gasteiger partial charge is 0.275 e. The molecule has 19 heavy (non-hydrogen) atoms. The van der Waals surface area contributed by atoms with Gasteiger partial charge in [0, 0.05) is 16.3 Å². The molecule has 1 heterocycles. The molecule has 0 atom stereocenters. The molecule has 0 bridgehead atoms. The second kappa shape index (κ2) is 6.10. The topological polar surface area (TPSA) is 81.1 Å². The standard InChI is InChI=1S/C13H15N3OS2/c1-8-6-10(14)2-3-11(8)19-7-9-4-5-18-12(9)13(17)16-15/h2-6H,7,14-15H2,1H3,(H,16,17). The molecule has 100 valence electrons. The maximum Gasteiger partial charge on any atom is 0.275 e. The number of hydrogen-bond donors (Lipinski definition) is 3. The summed E-state index contributed by atoms with van der Waals surface area (Å²) in [6, 6.07) is 7.79. The Hall–Kier alpha value is -1.50. The van der Waals surface area contributed by atoms with Crippen LogP contribution < -0.4 is 17.0 Å². The van der Waals surface area contributed by atoms with Crippen LogP contribution in [0.3, 0.4) is 0 Å². The van der Waals surface area contributed by atoms with E-state index in [0.717, 1.165) is 22.6 Å². The molecule has 0 aliphatic carbocycles. The van der Waals surface area contributed by atoms with E-state index >= 15 is 0 Å². The summed E-state index contributed by atoms with van der Waals surface area (Å²) in [6.07, 6.45) is 0. The average Bonchev–Trinajstić information content (AvgIpc) is 2.85. The Morgan fingerprint density at radius 2 is 2.21 bits per heavy atom. The molecule has 1 aromatic heterocycles. The highest BCUT2D eigenvalue weighted by Crippen LogP contribution is 2.29. The Labute approximate surface area is 120 Å². The highest BCUT2D eigenvalue weighted by atomic mass is 32.2. The minimum atomic E-state index is -0.236. The van der Waals surface area contributed by atoms with Crippen molar-refractivity contribution >= 4 is 34.7 Å². The van der Waals surface area contributed by atoms with Gasteiger partial charge in [-0.25, -0.2) is 5.84 Å². The lowest BCUT2D eigenvalue weighted by Gasteiger charge is -2.07. The van der Waals surface area contributed by atoms with Crippen molar-refractivity contribution in [1.82, 2.24) is 5.43 Å². The fourth-order valence-corrected chi connectivity index (χ4v) is 3.62. The molecular formula is C13H15N3OS2. The van der Waals surface area contributed by atoms with Crippen LogP contribution in [-0.2, 0) is 5.75 Å². The summed E-state index contributed by atoms with van der Waals surface area (Å²) in [5.41, 5.74) is 10.8. The Morgan fingerprint density at radius 3 is 2.89 bits per heavy atom. The minimum Gasteiger partial charge on any atom is -0.399 e. The number of benzene rings is 1. The Bertz CT molecular complexity index is 595. The zero-order valence-electron chi connectivity index (χ0n) is 10.5. The van der Waals surface area contributed by atoms with Crippen molar-refractivity contribution in [1.29, 1.82) is 0 Å². The van der Waals surface area contributed by atoms with Gasteiger partial charge in [-0.2, -0.15) is 0 Å². The molecule has 6 heteroatoms. The van der Waals surface area contributed by atoms with E-state index in [1.165, 1.54) is 16.2 Å². The van der Waals surface area contributed by atoms with Gasteiger partial charge < -0.3 is 5.73 Å². The van der Waals surface area contributed by atoms with Crippen LogP contribution in [0.25, 0.3) is 0 Å². The number of nitrogens with one attached hydrogen (secondary N) is 1. The van der Waals surface area contributed by atoms with Crippen LogP contribution in [0, 0.1) is 6.92 Å². The number of nitrogen functional groups attached to an aromatic ring is 2. The summed E-state index contributed by atoms with van der Waals surface area (Å²) in [7, 11) is 0. The fourth-order valence-electron chi connectivity index (χ4n) is 1.70. The molecule has 0 fully saturated rings. The summed E-state index contributed by atoms with van der Waals surface area (Å²) < 4.78 is 0. The molecule has 0 saturated carbocycles. The van der Waals surface area contributed by atoms with Crippen LogP contribution in [0.15, 0.2) is 34.5 Å². The SMILES string of the molecule is Cc1cc(N)ccc1SCc1ccsc1C(=O)NN. The van der Waals surface area contributed by atoms with Gasteiger partial charge in [0.1, 0.15) is 0 Å². The van der Waals surface area contributed by atoms with Crippen molar-refractivity contribution in [2.24, 2.45) is 5.84 Å². The van der Waals surface area contributed by atoms with Gasteiger partial charge in [0.05, 0.1) is 4.88 Å². The molecule has 0 saturated heterocycles. The van der Waals surface area contributed by atoms with Crippen LogP contribution in [0.1, 0.15) is 20.8 Å². The summed E-state index contributed by atoms with van der Waals surface area (Å²) in [5, 5.41) is 1.90. The van der Waals surface area contributed by atoms with Crippen molar-refractivity contribution in [3.8, 4) is 0 Å². The molecule has 0 aliphatic heterocycles. The van der Waals surface area contributed by atoms with Crippen LogP contribution in [0.5, 0.6) is 0 Å². The van der Waals surface area contributed by atoms with Gasteiger partial charge >= 0.3 is 0 Å². The summed E-state index contributed by atoms with van der Waals surface area (Å²) in [6.45, 7) is 2.03. The van der Waals surface area contributed by atoms with Gasteiger partial charge in [-0.1, -0.05) is 0 Å². The number of thioether (sulfide) groups is 1. The molecule has 2 aromatic rings. The molecule has 0 spiro atoms. The second-order valence-corrected chi connectivity index (χ2v) is 6.00. The van der Waals surface area contributed by atoms with E-state index in [4.69, 9.17) is 11.6 Å². The maximum atomic E-state index is 11.6. The summed E-state index contributed by atoms with van der Waals surface area (Å²) in [4.78, 5) is 13.4. The van der Waals surface area contributed by atoms with Gasteiger partial charge in [0.15, 0.2) is 0 Å². The van der Waals surface area contributed by atoms with Gasteiger partial charge in [0.25, 0.3) is 5.91 Å². The van der Waals surface area contributed by atoms with E-state index in [1.54, 1.807) is 11.8 Å². The number of rotatable bonds is 4. The number of hydrazine groups is 1. The quantitative estimate of drug-likeness (QED) is 0.266. The van der Waals surface area contributed by atoms with Crippen LogP contribution in [-0.4, -0.2) is 5.91 Å². The van der Waals surface area contributed by atoms with Gasteiger partial charge in [-0.3, -0.25) is 10.2 Å². The lowest BCUT2D eigenvalue weighted by Crippen LogP contribution is -2.29. The number of thiophene rings is 1. The predicted molar refractivity (Wildman–Crippen MR) is 81.1 cm³/mol. The number of hydrogen-bond acceptors (Lipinski definition) is 5. The van der Waals surface area contributed by atoms with Crippen LogP contribution >= 0.6 is 23.1 Å². The van der Waals surface area contributed by atoms with E-state index in [9.17, 15) is 4.79 Å².